The molecule has 0 bridgehead atoms. The lowest BCUT2D eigenvalue weighted by Gasteiger charge is -2.39. The zero-order chi connectivity index (χ0) is 15.5. The Morgan fingerprint density at radius 1 is 1.33 bits per heavy atom. The molecule has 2 saturated carbocycles. The summed E-state index contributed by atoms with van der Waals surface area (Å²) < 4.78 is 0. The third-order valence-corrected chi connectivity index (χ3v) is 4.91. The van der Waals surface area contributed by atoms with Crippen molar-refractivity contribution >= 4 is 11.7 Å². The molecule has 5 nitrogen and oxygen atoms in total. The van der Waals surface area contributed by atoms with Crippen molar-refractivity contribution in [3.05, 3.63) is 0 Å². The van der Waals surface area contributed by atoms with E-state index in [1.807, 2.05) is 4.90 Å². The Balaban J connectivity index is 2.18. The topological polar surface area (TPSA) is 78.9 Å². The van der Waals surface area contributed by atoms with Gasteiger partial charge in [-0.25, -0.2) is 0 Å². The first-order chi connectivity index (χ1) is 10.0. The molecule has 2 aliphatic carbocycles. The normalized spacial score (nSPS) is 22.3. The van der Waals surface area contributed by atoms with Crippen molar-refractivity contribution in [1.29, 1.82) is 0 Å². The molecule has 2 fully saturated rings. The van der Waals surface area contributed by atoms with Crippen LogP contribution in [0.2, 0.25) is 0 Å². The van der Waals surface area contributed by atoms with Crippen LogP contribution in [0, 0.1) is 11.3 Å². The molecule has 3 N–H and O–H groups in total. The number of carbonyl (C=O) groups excluding carboxylic acids is 1. The van der Waals surface area contributed by atoms with Crippen molar-refractivity contribution in [2.45, 2.75) is 71.3 Å². The van der Waals surface area contributed by atoms with Crippen LogP contribution in [0.3, 0.4) is 0 Å². The fourth-order valence-corrected chi connectivity index (χ4v) is 3.34. The summed E-state index contributed by atoms with van der Waals surface area (Å²) in [5.74, 6) is 0.785. The molecule has 1 amide bonds. The highest BCUT2D eigenvalue weighted by Crippen LogP contribution is 2.41. The van der Waals surface area contributed by atoms with E-state index < -0.39 is 5.41 Å². The van der Waals surface area contributed by atoms with Crippen LogP contribution in [-0.4, -0.2) is 34.4 Å². The maximum atomic E-state index is 13.2. The van der Waals surface area contributed by atoms with Gasteiger partial charge in [0.1, 0.15) is 5.41 Å². The zero-order valence-electron chi connectivity index (χ0n) is 13.3. The largest absolute Gasteiger partial charge is 0.409 e. The van der Waals surface area contributed by atoms with E-state index in [-0.39, 0.29) is 11.7 Å². The number of nitrogens with zero attached hydrogens (tertiary/aromatic N) is 2. The molecular weight excluding hydrogens is 266 g/mol. The van der Waals surface area contributed by atoms with Crippen LogP contribution in [0.4, 0.5) is 0 Å². The zero-order valence-corrected chi connectivity index (χ0v) is 13.3. The van der Waals surface area contributed by atoms with Crippen LogP contribution < -0.4 is 5.73 Å². The fraction of sp³-hybridized carbons (Fsp3) is 0.875. The van der Waals surface area contributed by atoms with E-state index in [4.69, 9.17) is 10.9 Å². The summed E-state index contributed by atoms with van der Waals surface area (Å²) in [6, 6.07) is 0.376. The van der Waals surface area contributed by atoms with Gasteiger partial charge in [-0.15, -0.1) is 0 Å². The first-order valence-electron chi connectivity index (χ1n) is 8.30. The van der Waals surface area contributed by atoms with Crippen LogP contribution in [-0.2, 0) is 4.79 Å². The van der Waals surface area contributed by atoms with Gasteiger partial charge in [-0.2, -0.15) is 0 Å². The van der Waals surface area contributed by atoms with Gasteiger partial charge >= 0.3 is 0 Å². The van der Waals surface area contributed by atoms with Crippen LogP contribution in [0.25, 0.3) is 0 Å². The summed E-state index contributed by atoms with van der Waals surface area (Å²) in [5.41, 5.74) is 5.19. The first kappa shape index (κ1) is 16.1. The quantitative estimate of drug-likeness (QED) is 0.342. The number of rotatable bonds is 6. The van der Waals surface area contributed by atoms with E-state index in [0.717, 1.165) is 45.1 Å². The Morgan fingerprint density at radius 3 is 2.43 bits per heavy atom. The number of hydrogen-bond acceptors (Lipinski definition) is 3. The van der Waals surface area contributed by atoms with Gasteiger partial charge in [-0.05, 0) is 38.0 Å². The minimum atomic E-state index is -0.757. The molecular formula is C16H29N3O2. The SMILES string of the molecule is CC(C)CCN(C(=O)C1(C(N)=NO)CCCCC1)C1CC1. The van der Waals surface area contributed by atoms with E-state index in [1.54, 1.807) is 0 Å². The van der Waals surface area contributed by atoms with Crippen LogP contribution in [0.15, 0.2) is 5.16 Å². The third-order valence-electron chi connectivity index (χ3n) is 4.91. The van der Waals surface area contributed by atoms with Gasteiger partial charge in [0.2, 0.25) is 5.91 Å². The lowest BCUT2D eigenvalue weighted by Crippen LogP contribution is -2.53. The highest BCUT2D eigenvalue weighted by Gasteiger charge is 2.48. The van der Waals surface area contributed by atoms with Gasteiger partial charge in [0.25, 0.3) is 0 Å². The molecule has 2 rings (SSSR count). The maximum absolute atomic E-state index is 13.2. The summed E-state index contributed by atoms with van der Waals surface area (Å²) in [7, 11) is 0. The number of amidine groups is 1. The van der Waals surface area contributed by atoms with E-state index in [2.05, 4.69) is 19.0 Å². The maximum Gasteiger partial charge on any atom is 0.236 e. The van der Waals surface area contributed by atoms with E-state index in [0.29, 0.717) is 24.8 Å². The second-order valence-electron chi connectivity index (χ2n) is 7.04. The smallest absolute Gasteiger partial charge is 0.236 e. The minimum absolute atomic E-state index is 0.0978. The molecule has 2 aliphatic rings. The molecule has 0 spiro atoms. The predicted molar refractivity (Wildman–Crippen MR) is 83.1 cm³/mol. The Bertz CT molecular complexity index is 396. The summed E-state index contributed by atoms with van der Waals surface area (Å²) >= 11 is 0. The van der Waals surface area contributed by atoms with Gasteiger partial charge < -0.3 is 15.8 Å². The van der Waals surface area contributed by atoms with Crippen molar-refractivity contribution in [3.8, 4) is 0 Å². The molecule has 0 aromatic heterocycles. The molecule has 0 unspecified atom stereocenters. The lowest BCUT2D eigenvalue weighted by atomic mass is 9.72. The number of nitrogens with two attached hydrogens (primary N) is 1. The molecule has 120 valence electrons. The minimum Gasteiger partial charge on any atom is -0.409 e. The first-order valence-corrected chi connectivity index (χ1v) is 8.30. The van der Waals surface area contributed by atoms with E-state index in [1.165, 1.54) is 0 Å². The van der Waals surface area contributed by atoms with Gasteiger partial charge in [0.05, 0.1) is 0 Å². The molecule has 0 radical (unpaired) electrons. The van der Waals surface area contributed by atoms with Gasteiger partial charge in [-0.3, -0.25) is 4.79 Å². The highest BCUT2D eigenvalue weighted by molar-refractivity contribution is 6.07. The second-order valence-corrected chi connectivity index (χ2v) is 7.04. The van der Waals surface area contributed by atoms with Gasteiger partial charge in [0, 0.05) is 12.6 Å². The standard InChI is InChI=1S/C16H29N3O2/c1-12(2)8-11-19(13-6-7-13)15(20)16(14(17)18-21)9-4-3-5-10-16/h12-13,21H,3-11H2,1-2H3,(H2,17,18). The van der Waals surface area contributed by atoms with Gasteiger partial charge in [-0.1, -0.05) is 38.3 Å². The monoisotopic (exact) mass is 295 g/mol. The van der Waals surface area contributed by atoms with Crippen molar-refractivity contribution < 1.29 is 10.0 Å². The molecule has 0 heterocycles. The average molecular weight is 295 g/mol. The summed E-state index contributed by atoms with van der Waals surface area (Å²) in [6.07, 6.45) is 7.71. The molecule has 0 aromatic carbocycles. The van der Waals surface area contributed by atoms with Crippen LogP contribution in [0.5, 0.6) is 0 Å². The van der Waals surface area contributed by atoms with E-state index in [9.17, 15) is 4.79 Å². The van der Waals surface area contributed by atoms with Crippen molar-refractivity contribution in [2.24, 2.45) is 22.2 Å². The lowest BCUT2D eigenvalue weighted by molar-refractivity contribution is -0.140. The third kappa shape index (κ3) is 3.50. The number of oxime groups is 1. The van der Waals surface area contributed by atoms with E-state index >= 15 is 0 Å². The van der Waals surface area contributed by atoms with Crippen molar-refractivity contribution in [2.75, 3.05) is 6.54 Å². The molecule has 21 heavy (non-hydrogen) atoms. The Morgan fingerprint density at radius 2 is 1.95 bits per heavy atom. The Kier molecular flexibility index (Phi) is 5.12. The summed E-state index contributed by atoms with van der Waals surface area (Å²) in [4.78, 5) is 15.2. The highest BCUT2D eigenvalue weighted by atomic mass is 16.4. The number of hydrogen-bond donors (Lipinski definition) is 2. The Labute approximate surface area is 127 Å². The van der Waals surface area contributed by atoms with Crippen molar-refractivity contribution in [1.82, 2.24) is 4.90 Å². The molecule has 0 saturated heterocycles. The van der Waals surface area contributed by atoms with Crippen LogP contribution in [0.1, 0.15) is 65.2 Å². The number of carbonyl (C=O) groups is 1. The second kappa shape index (κ2) is 6.67. The number of amides is 1. The van der Waals surface area contributed by atoms with Crippen molar-refractivity contribution in [3.63, 3.8) is 0 Å². The molecule has 0 aromatic rings. The summed E-state index contributed by atoms with van der Waals surface area (Å²) in [6.45, 7) is 5.15. The molecule has 5 heteroatoms. The van der Waals surface area contributed by atoms with Crippen LogP contribution >= 0.6 is 0 Å². The fourth-order valence-electron chi connectivity index (χ4n) is 3.34. The Hall–Kier alpha value is -1.26. The summed E-state index contributed by atoms with van der Waals surface area (Å²) in [5, 5.41) is 12.4. The van der Waals surface area contributed by atoms with Gasteiger partial charge in [0.15, 0.2) is 5.84 Å². The predicted octanol–water partition coefficient (Wildman–Crippen LogP) is 2.72. The molecule has 0 aliphatic heterocycles. The molecule has 0 atom stereocenters. The average Bonchev–Trinajstić information content (AvgIpc) is 3.31.